The fourth-order valence-electron chi connectivity index (χ4n) is 3.90. The predicted molar refractivity (Wildman–Crippen MR) is 99.9 cm³/mol. The fourth-order valence-corrected chi connectivity index (χ4v) is 3.90. The van der Waals surface area contributed by atoms with Crippen molar-refractivity contribution >= 4 is 17.7 Å². The van der Waals surface area contributed by atoms with Crippen molar-refractivity contribution in [1.82, 2.24) is 20.5 Å². The molecule has 1 aromatic rings. The van der Waals surface area contributed by atoms with Crippen molar-refractivity contribution in [2.75, 3.05) is 13.1 Å². The molecule has 3 N–H and O–H groups in total. The summed E-state index contributed by atoms with van der Waals surface area (Å²) in [5.41, 5.74) is 2.02. The van der Waals surface area contributed by atoms with Crippen molar-refractivity contribution in [1.29, 1.82) is 5.26 Å². The molecule has 3 aliphatic rings. The summed E-state index contributed by atoms with van der Waals surface area (Å²) < 4.78 is 0. The van der Waals surface area contributed by atoms with Crippen LogP contribution < -0.4 is 10.6 Å². The molecular formula is C20H23N5O3. The highest BCUT2D eigenvalue weighted by Gasteiger charge is 2.38. The predicted octanol–water partition coefficient (Wildman–Crippen LogP) is 0.636. The Balaban J connectivity index is 1.51. The van der Waals surface area contributed by atoms with Gasteiger partial charge in [0.25, 0.3) is 5.91 Å². The van der Waals surface area contributed by atoms with E-state index in [1.165, 1.54) is 6.08 Å². The zero-order chi connectivity index (χ0) is 19.7. The number of carbonyl (C=O) groups is 3. The highest BCUT2D eigenvalue weighted by molar-refractivity contribution is 5.98. The molecule has 1 aromatic heterocycles. The number of H-pyrrole nitrogens is 1. The number of nitrogens with zero attached hydrogens (tertiary/aromatic N) is 2. The summed E-state index contributed by atoms with van der Waals surface area (Å²) in [6, 6.07) is 2.42. The van der Waals surface area contributed by atoms with Crippen molar-refractivity contribution in [2.45, 2.75) is 44.2 Å². The van der Waals surface area contributed by atoms with Gasteiger partial charge in [-0.3, -0.25) is 14.4 Å². The first-order valence-electron chi connectivity index (χ1n) is 9.73. The minimum atomic E-state index is -0.894. The van der Waals surface area contributed by atoms with E-state index in [2.05, 4.69) is 15.6 Å². The number of hydrogen-bond acceptors (Lipinski definition) is 4. The van der Waals surface area contributed by atoms with Crippen molar-refractivity contribution in [3.63, 3.8) is 0 Å². The van der Waals surface area contributed by atoms with Gasteiger partial charge in [-0.15, -0.1) is 0 Å². The molecule has 4 rings (SSSR count). The van der Waals surface area contributed by atoms with Gasteiger partial charge in [-0.05, 0) is 42.9 Å². The van der Waals surface area contributed by atoms with Crippen LogP contribution in [0.4, 0.5) is 0 Å². The van der Waals surface area contributed by atoms with Crippen molar-refractivity contribution < 1.29 is 14.4 Å². The number of fused-ring (bicyclic) bond motifs is 1. The maximum atomic E-state index is 13.0. The molecule has 0 aromatic carbocycles. The monoisotopic (exact) mass is 381 g/mol. The van der Waals surface area contributed by atoms with E-state index in [1.807, 2.05) is 12.1 Å². The van der Waals surface area contributed by atoms with E-state index in [9.17, 15) is 19.6 Å². The lowest BCUT2D eigenvalue weighted by Gasteiger charge is -2.34. The van der Waals surface area contributed by atoms with E-state index < -0.39 is 12.1 Å². The van der Waals surface area contributed by atoms with Crippen LogP contribution in [-0.2, 0) is 16.0 Å². The van der Waals surface area contributed by atoms with Gasteiger partial charge in [-0.1, -0.05) is 12.8 Å². The van der Waals surface area contributed by atoms with Crippen LogP contribution in [0.15, 0.2) is 23.9 Å². The number of aromatic amines is 1. The van der Waals surface area contributed by atoms with Crippen LogP contribution in [0.1, 0.15) is 41.7 Å². The topological polar surface area (TPSA) is 118 Å². The molecule has 28 heavy (non-hydrogen) atoms. The first-order valence-corrected chi connectivity index (χ1v) is 9.73. The van der Waals surface area contributed by atoms with Gasteiger partial charge in [0.05, 0.1) is 6.07 Å². The number of nitriles is 1. The van der Waals surface area contributed by atoms with Crippen LogP contribution in [0, 0.1) is 17.2 Å². The van der Waals surface area contributed by atoms with E-state index in [4.69, 9.17) is 0 Å². The van der Waals surface area contributed by atoms with Gasteiger partial charge in [0.1, 0.15) is 17.8 Å². The Bertz CT molecular complexity index is 877. The third-order valence-corrected chi connectivity index (χ3v) is 5.64. The van der Waals surface area contributed by atoms with Gasteiger partial charge in [-0.2, -0.15) is 5.26 Å². The summed E-state index contributed by atoms with van der Waals surface area (Å²) in [4.78, 5) is 42.2. The molecule has 2 fully saturated rings. The average molecular weight is 381 g/mol. The molecule has 8 nitrogen and oxygen atoms in total. The molecular weight excluding hydrogens is 358 g/mol. The maximum absolute atomic E-state index is 13.0. The Hall–Kier alpha value is -3.08. The first-order chi connectivity index (χ1) is 13.6. The van der Waals surface area contributed by atoms with Crippen LogP contribution in [0.3, 0.4) is 0 Å². The first kappa shape index (κ1) is 18.3. The van der Waals surface area contributed by atoms with E-state index in [-0.39, 0.29) is 17.7 Å². The van der Waals surface area contributed by atoms with E-state index >= 15 is 0 Å². The molecule has 0 bridgehead atoms. The van der Waals surface area contributed by atoms with Gasteiger partial charge >= 0.3 is 0 Å². The smallest absolute Gasteiger partial charge is 0.271 e. The average Bonchev–Trinajstić information content (AvgIpc) is 3.21. The molecule has 1 saturated heterocycles. The number of aromatic nitrogens is 1. The minimum Gasteiger partial charge on any atom is -0.357 e. The molecule has 0 spiro atoms. The molecule has 3 amide bonds. The lowest BCUT2D eigenvalue weighted by Crippen LogP contribution is -2.53. The Labute approximate surface area is 163 Å². The molecule has 1 saturated carbocycles. The Kier molecular flexibility index (Phi) is 4.90. The second kappa shape index (κ2) is 7.50. The summed E-state index contributed by atoms with van der Waals surface area (Å²) in [6.07, 6.45) is 7.21. The van der Waals surface area contributed by atoms with Crippen molar-refractivity contribution in [3.8, 4) is 6.07 Å². The largest absolute Gasteiger partial charge is 0.357 e. The van der Waals surface area contributed by atoms with Crippen LogP contribution in [-0.4, -0.2) is 52.8 Å². The van der Waals surface area contributed by atoms with Gasteiger partial charge in [-0.25, -0.2) is 0 Å². The number of hydrogen-bond donors (Lipinski definition) is 3. The third kappa shape index (κ3) is 3.65. The van der Waals surface area contributed by atoms with Gasteiger partial charge in [0, 0.05) is 24.9 Å². The molecule has 1 aliphatic carbocycles. The van der Waals surface area contributed by atoms with E-state index in [0.29, 0.717) is 49.5 Å². The zero-order valence-electron chi connectivity index (χ0n) is 15.5. The lowest BCUT2D eigenvalue weighted by molar-refractivity contribution is -0.126. The number of rotatable bonds is 6. The molecule has 8 heteroatoms. The quantitative estimate of drug-likeness (QED) is 0.627. The lowest BCUT2D eigenvalue weighted by atomic mass is 10.0. The molecule has 2 aliphatic heterocycles. The Morgan fingerprint density at radius 2 is 2.21 bits per heavy atom. The second-order valence-electron chi connectivity index (χ2n) is 7.63. The van der Waals surface area contributed by atoms with Gasteiger partial charge in [0.2, 0.25) is 11.8 Å². The summed E-state index contributed by atoms with van der Waals surface area (Å²) in [5, 5.41) is 14.8. The molecule has 0 unspecified atom stereocenters. The Morgan fingerprint density at radius 1 is 1.39 bits per heavy atom. The van der Waals surface area contributed by atoms with Gasteiger partial charge < -0.3 is 20.5 Å². The van der Waals surface area contributed by atoms with Gasteiger partial charge in [0.15, 0.2) is 0 Å². The summed E-state index contributed by atoms with van der Waals surface area (Å²) >= 11 is 0. The standard InChI is InChI=1S/C20H23N5O3/c21-11-15(10-14-4-7-23-18(14)26)24-19(27)16(9-12-1-2-12)25-8-5-13-3-6-22-17(13)20(25)28/h3,6,10,12,15-16,22H,1-2,4-5,7-9H2,(H,23,26)(H,24,27)/b14-10+/t15-,16-/m0/s1. The van der Waals surface area contributed by atoms with Crippen LogP contribution in [0.2, 0.25) is 0 Å². The normalized spacial score (nSPS) is 22.4. The highest BCUT2D eigenvalue weighted by atomic mass is 16.2. The number of nitrogens with one attached hydrogen (secondary N) is 3. The van der Waals surface area contributed by atoms with Crippen molar-refractivity contribution in [2.24, 2.45) is 5.92 Å². The molecule has 0 radical (unpaired) electrons. The minimum absolute atomic E-state index is 0.172. The summed E-state index contributed by atoms with van der Waals surface area (Å²) in [6.45, 7) is 1.02. The Morgan fingerprint density at radius 3 is 2.89 bits per heavy atom. The van der Waals surface area contributed by atoms with Crippen LogP contribution in [0.5, 0.6) is 0 Å². The second-order valence-corrected chi connectivity index (χ2v) is 7.63. The summed E-state index contributed by atoms with van der Waals surface area (Å²) in [7, 11) is 0. The highest BCUT2D eigenvalue weighted by Crippen LogP contribution is 2.35. The van der Waals surface area contributed by atoms with E-state index in [0.717, 1.165) is 18.4 Å². The van der Waals surface area contributed by atoms with Crippen LogP contribution in [0.25, 0.3) is 0 Å². The molecule has 2 atom stereocenters. The van der Waals surface area contributed by atoms with E-state index in [1.54, 1.807) is 11.1 Å². The number of carbonyl (C=O) groups excluding carboxylic acids is 3. The van der Waals surface area contributed by atoms with Crippen molar-refractivity contribution in [3.05, 3.63) is 35.2 Å². The SMILES string of the molecule is N#C[C@H](/C=C1\CCNC1=O)NC(=O)[C@H](CC1CC1)N1CCc2cc[nH]c2C1=O. The summed E-state index contributed by atoms with van der Waals surface area (Å²) in [5.74, 6) is -0.270. The maximum Gasteiger partial charge on any atom is 0.271 e. The molecule has 146 valence electrons. The van der Waals surface area contributed by atoms with Crippen LogP contribution >= 0.6 is 0 Å². The number of amides is 3. The molecule has 3 heterocycles. The zero-order valence-corrected chi connectivity index (χ0v) is 15.5. The third-order valence-electron chi connectivity index (χ3n) is 5.64. The fraction of sp³-hybridized carbons (Fsp3) is 0.500.